The topological polar surface area (TPSA) is 57.8 Å². The predicted molar refractivity (Wildman–Crippen MR) is 136 cm³/mol. The highest BCUT2D eigenvalue weighted by atomic mass is 32.2. The number of fused-ring (bicyclic) bond motifs is 1. The number of nitrogens with one attached hydrogen (secondary N) is 2. The summed E-state index contributed by atoms with van der Waals surface area (Å²) in [7, 11) is 0. The Morgan fingerprint density at radius 1 is 0.917 bits per heavy atom. The molecule has 5 aromatic rings. The van der Waals surface area contributed by atoms with Crippen LogP contribution in [0.5, 0.6) is 0 Å². The second kappa shape index (κ2) is 9.71. The number of carbonyl (C=O) groups is 1. The zero-order valence-corrected chi connectivity index (χ0v) is 20.0. The summed E-state index contributed by atoms with van der Waals surface area (Å²) in [4.78, 5) is 21.2. The molecule has 4 nitrogen and oxygen atoms in total. The maximum absolute atomic E-state index is 15.3. The van der Waals surface area contributed by atoms with Crippen molar-refractivity contribution in [1.29, 1.82) is 0 Å². The van der Waals surface area contributed by atoms with E-state index in [-0.39, 0.29) is 16.1 Å². The lowest BCUT2D eigenvalue weighted by atomic mass is 10.00. The fourth-order valence-corrected chi connectivity index (χ4v) is 4.53. The molecule has 0 saturated heterocycles. The number of H-pyrrole nitrogens is 1. The molecule has 5 rings (SSSR count). The van der Waals surface area contributed by atoms with E-state index in [1.54, 1.807) is 12.3 Å². The minimum atomic E-state index is -1.16. The second-order valence-corrected chi connectivity index (χ2v) is 9.22. The van der Waals surface area contributed by atoms with E-state index in [0.29, 0.717) is 28.5 Å². The van der Waals surface area contributed by atoms with Crippen LogP contribution in [0.15, 0.2) is 82.8 Å². The van der Waals surface area contributed by atoms with Gasteiger partial charge in [-0.1, -0.05) is 0 Å². The van der Waals surface area contributed by atoms with Gasteiger partial charge in [0.05, 0.1) is 16.1 Å². The van der Waals surface area contributed by atoms with Gasteiger partial charge in [0, 0.05) is 28.9 Å². The summed E-state index contributed by atoms with van der Waals surface area (Å²) in [6.07, 6.45) is 2.98. The van der Waals surface area contributed by atoms with E-state index in [9.17, 15) is 18.0 Å². The Bertz CT molecular complexity index is 1620. The standard InChI is InChI=1S/C26H15F4N3OS2/c27-15-3-6-19(28)22(10-15)36-33-21-8-7-20(29)23(24(21)30)25(34)18-12-32-26-17(18)9-14(11-31-26)13-1-4-16(35)5-2-13/h1-12,33,35H,(H,31,32)/p+1. The largest absolute Gasteiger partial charge is 0.345 e. The third-order valence-electron chi connectivity index (χ3n) is 5.48. The van der Waals surface area contributed by atoms with Crippen LogP contribution in [0.1, 0.15) is 15.9 Å². The van der Waals surface area contributed by atoms with Crippen molar-refractivity contribution >= 4 is 47.1 Å². The maximum Gasteiger partial charge on any atom is 0.201 e. The van der Waals surface area contributed by atoms with Crippen LogP contribution in [0.25, 0.3) is 22.2 Å². The summed E-state index contributed by atoms with van der Waals surface area (Å²) in [6, 6.07) is 14.0. The van der Waals surface area contributed by atoms with Gasteiger partial charge in [-0.25, -0.2) is 22.5 Å². The van der Waals surface area contributed by atoms with Gasteiger partial charge >= 0.3 is 0 Å². The minimum Gasteiger partial charge on any atom is -0.345 e. The Morgan fingerprint density at radius 3 is 2.44 bits per heavy atom. The molecular formula is C26H16F4N3OS2+. The molecule has 0 unspecified atom stereocenters. The third-order valence-corrected chi connectivity index (χ3v) is 6.66. The number of hydrogen-bond acceptors (Lipinski definition) is 4. The molecule has 0 radical (unpaired) electrons. The number of anilines is 1. The lowest BCUT2D eigenvalue weighted by Gasteiger charge is -2.11. The van der Waals surface area contributed by atoms with Crippen LogP contribution >= 0.6 is 11.9 Å². The molecule has 0 spiro atoms. The first-order valence-electron chi connectivity index (χ1n) is 10.5. The molecule has 2 N–H and O–H groups in total. The third kappa shape index (κ3) is 4.57. The van der Waals surface area contributed by atoms with Crippen LogP contribution in [0.4, 0.5) is 23.2 Å². The van der Waals surface area contributed by atoms with Crippen LogP contribution in [-0.4, -0.2) is 15.8 Å². The summed E-state index contributed by atoms with van der Waals surface area (Å²) in [5, 5.41) is 0.397. The van der Waals surface area contributed by atoms with Gasteiger partial charge < -0.3 is 9.71 Å². The zero-order chi connectivity index (χ0) is 25.4. The van der Waals surface area contributed by atoms with Gasteiger partial charge in [0.25, 0.3) is 0 Å². The Kier molecular flexibility index (Phi) is 6.46. The van der Waals surface area contributed by atoms with Crippen molar-refractivity contribution in [1.82, 2.24) is 9.97 Å². The van der Waals surface area contributed by atoms with Gasteiger partial charge in [0.15, 0.2) is 5.82 Å². The first kappa shape index (κ1) is 24.0. The molecule has 0 amide bonds. The molecule has 0 atom stereocenters. The molecule has 0 aliphatic carbocycles. The number of pyridine rings is 1. The van der Waals surface area contributed by atoms with Crippen molar-refractivity contribution in [3.63, 3.8) is 0 Å². The molecule has 180 valence electrons. The molecule has 0 fully saturated rings. The van der Waals surface area contributed by atoms with E-state index in [0.717, 1.165) is 40.8 Å². The van der Waals surface area contributed by atoms with Gasteiger partial charge in [0.2, 0.25) is 5.78 Å². The highest BCUT2D eigenvalue weighted by Crippen LogP contribution is 2.31. The number of ketones is 1. The molecule has 0 bridgehead atoms. The average Bonchev–Trinajstić information content (AvgIpc) is 3.29. The molecule has 0 aliphatic heterocycles. The average molecular weight is 527 g/mol. The molecule has 0 aliphatic rings. The number of aromatic amines is 1. The summed E-state index contributed by atoms with van der Waals surface area (Å²) in [6.45, 7) is 0. The van der Waals surface area contributed by atoms with Gasteiger partial charge in [-0.05, 0) is 90.8 Å². The highest BCUT2D eigenvalue weighted by molar-refractivity contribution is 8.00. The Hall–Kier alpha value is -3.76. The summed E-state index contributed by atoms with van der Waals surface area (Å²) in [5.41, 5.74) is 0.932. The number of hydrogen-bond donors (Lipinski definition) is 2. The van der Waals surface area contributed by atoms with Gasteiger partial charge in [-0.2, -0.15) is 0 Å². The van der Waals surface area contributed by atoms with E-state index < -0.39 is 34.6 Å². The number of carbonyl (C=O) groups excluding carboxylic acids is 1. The molecule has 2 heterocycles. The highest BCUT2D eigenvalue weighted by Gasteiger charge is 2.25. The van der Waals surface area contributed by atoms with E-state index in [1.807, 2.05) is 24.3 Å². The van der Waals surface area contributed by atoms with Crippen molar-refractivity contribution in [3.05, 3.63) is 107 Å². The Labute approximate surface area is 212 Å². The predicted octanol–water partition coefficient (Wildman–Crippen LogP) is 6.51. The van der Waals surface area contributed by atoms with Crippen LogP contribution in [-0.2, 0) is 12.6 Å². The number of nitrogens with zero attached hydrogens (tertiary/aromatic N) is 1. The Morgan fingerprint density at radius 2 is 1.67 bits per heavy atom. The van der Waals surface area contributed by atoms with Crippen molar-refractivity contribution in [2.24, 2.45) is 0 Å². The normalized spacial score (nSPS) is 11.1. The fraction of sp³-hybridized carbons (Fsp3) is 0. The molecule has 36 heavy (non-hydrogen) atoms. The van der Waals surface area contributed by atoms with Crippen molar-refractivity contribution in [2.45, 2.75) is 9.79 Å². The van der Waals surface area contributed by atoms with Crippen LogP contribution in [0, 0.1) is 23.3 Å². The van der Waals surface area contributed by atoms with E-state index in [1.165, 1.54) is 6.20 Å². The minimum absolute atomic E-state index is 0.0369. The van der Waals surface area contributed by atoms with Gasteiger partial charge in [-0.3, -0.25) is 4.79 Å². The van der Waals surface area contributed by atoms with Crippen LogP contribution in [0.2, 0.25) is 0 Å². The summed E-state index contributed by atoms with van der Waals surface area (Å²) >= 11 is 4.03. The SMILES string of the molecule is O=C(c1c(F)ccc(NSc2cc(F)ccc2F)c1F)c1c[nH]c2ncc(-c3ccc([SH2+])cc3)cc12. The second-order valence-electron chi connectivity index (χ2n) is 7.79. The summed E-state index contributed by atoms with van der Waals surface area (Å²) < 4.78 is 59.9. The van der Waals surface area contributed by atoms with Crippen molar-refractivity contribution in [3.8, 4) is 11.1 Å². The first-order chi connectivity index (χ1) is 17.3. The van der Waals surface area contributed by atoms with Gasteiger partial charge in [0.1, 0.15) is 28.0 Å². The molecule has 3 aromatic carbocycles. The fourth-order valence-electron chi connectivity index (χ4n) is 3.65. The molecule has 2 aromatic heterocycles. The quantitative estimate of drug-likeness (QED) is 0.115. The smallest absolute Gasteiger partial charge is 0.201 e. The number of benzene rings is 3. The van der Waals surface area contributed by atoms with Crippen LogP contribution < -0.4 is 4.72 Å². The lowest BCUT2D eigenvalue weighted by Crippen LogP contribution is -2.09. The van der Waals surface area contributed by atoms with Crippen LogP contribution in [0.3, 0.4) is 0 Å². The molecule has 0 saturated carbocycles. The summed E-state index contributed by atoms with van der Waals surface area (Å²) in [5.74, 6) is -4.50. The Balaban J connectivity index is 1.50. The maximum atomic E-state index is 15.3. The first-order valence-corrected chi connectivity index (χ1v) is 11.8. The van der Waals surface area contributed by atoms with E-state index >= 15 is 4.39 Å². The number of rotatable bonds is 6. The monoisotopic (exact) mass is 526 g/mol. The van der Waals surface area contributed by atoms with Crippen molar-refractivity contribution in [2.75, 3.05) is 4.72 Å². The van der Waals surface area contributed by atoms with E-state index in [4.69, 9.17) is 0 Å². The lowest BCUT2D eigenvalue weighted by molar-refractivity contribution is 0.103. The molecule has 10 heteroatoms. The zero-order valence-electron chi connectivity index (χ0n) is 18.2. The number of halogens is 4. The van der Waals surface area contributed by atoms with E-state index in [2.05, 4.69) is 27.3 Å². The molecular weight excluding hydrogens is 510 g/mol. The number of aromatic nitrogens is 2. The van der Waals surface area contributed by atoms with Gasteiger partial charge in [-0.15, -0.1) is 0 Å². The van der Waals surface area contributed by atoms with Crippen molar-refractivity contribution < 1.29 is 22.4 Å².